The molecule has 15 heavy (non-hydrogen) atoms. The molecule has 0 bridgehead atoms. The Morgan fingerprint density at radius 1 is 1.27 bits per heavy atom. The van der Waals surface area contributed by atoms with Crippen LogP contribution in [0.4, 0.5) is 4.39 Å². The highest BCUT2D eigenvalue weighted by Crippen LogP contribution is 2.21. The van der Waals surface area contributed by atoms with Gasteiger partial charge in [-0.15, -0.1) is 0 Å². The first-order valence-corrected chi connectivity index (χ1v) is 4.80. The average molecular weight is 205 g/mol. The summed E-state index contributed by atoms with van der Waals surface area (Å²) < 4.78 is 12.7. The monoisotopic (exact) mass is 205 g/mol. The largest absolute Gasteiger partial charge is 0.330 e. The van der Waals surface area contributed by atoms with Crippen molar-refractivity contribution in [3.05, 3.63) is 41.8 Å². The molecule has 3 nitrogen and oxygen atoms in total. The Morgan fingerprint density at radius 2 is 2.00 bits per heavy atom. The van der Waals surface area contributed by atoms with E-state index >= 15 is 0 Å². The van der Waals surface area contributed by atoms with Crippen molar-refractivity contribution >= 4 is 0 Å². The number of nitrogens with two attached hydrogens (primary N) is 1. The van der Waals surface area contributed by atoms with Crippen LogP contribution in [-0.4, -0.2) is 16.7 Å². The zero-order chi connectivity index (χ0) is 10.7. The van der Waals surface area contributed by atoms with E-state index in [4.69, 9.17) is 5.73 Å². The minimum Gasteiger partial charge on any atom is -0.330 e. The van der Waals surface area contributed by atoms with Gasteiger partial charge >= 0.3 is 0 Å². The number of aromatic nitrogens is 2. The lowest BCUT2D eigenvalue weighted by Gasteiger charge is -2.00. The summed E-state index contributed by atoms with van der Waals surface area (Å²) in [7, 11) is 0. The third-order valence-corrected chi connectivity index (χ3v) is 2.25. The Kier molecular flexibility index (Phi) is 2.78. The molecule has 2 aromatic rings. The van der Waals surface area contributed by atoms with Crippen molar-refractivity contribution in [3.63, 3.8) is 0 Å². The average Bonchev–Trinajstić information content (AvgIpc) is 2.68. The molecule has 0 spiro atoms. The van der Waals surface area contributed by atoms with Crippen LogP contribution in [0.2, 0.25) is 0 Å². The van der Waals surface area contributed by atoms with Crippen molar-refractivity contribution in [2.75, 3.05) is 6.54 Å². The summed E-state index contributed by atoms with van der Waals surface area (Å²) in [5.41, 5.74) is 8.30. The van der Waals surface area contributed by atoms with Gasteiger partial charge in [0.05, 0.1) is 5.69 Å². The van der Waals surface area contributed by atoms with Crippen molar-refractivity contribution in [2.24, 2.45) is 5.73 Å². The van der Waals surface area contributed by atoms with Crippen molar-refractivity contribution in [3.8, 4) is 11.3 Å². The summed E-state index contributed by atoms with van der Waals surface area (Å²) in [4.78, 5) is 0. The molecule has 0 saturated heterocycles. The van der Waals surface area contributed by atoms with Gasteiger partial charge in [0.25, 0.3) is 0 Å². The second-order valence-corrected chi connectivity index (χ2v) is 3.30. The van der Waals surface area contributed by atoms with E-state index < -0.39 is 0 Å². The third-order valence-electron chi connectivity index (χ3n) is 2.25. The van der Waals surface area contributed by atoms with Crippen molar-refractivity contribution in [1.29, 1.82) is 0 Å². The molecule has 4 heteroatoms. The predicted molar refractivity (Wildman–Crippen MR) is 56.7 cm³/mol. The Hall–Kier alpha value is -1.68. The second kappa shape index (κ2) is 4.23. The van der Waals surface area contributed by atoms with E-state index in [9.17, 15) is 4.39 Å². The fourth-order valence-electron chi connectivity index (χ4n) is 1.52. The lowest BCUT2D eigenvalue weighted by molar-refractivity contribution is 0.628. The van der Waals surface area contributed by atoms with Crippen LogP contribution in [0.15, 0.2) is 30.5 Å². The Balaban J connectivity index is 2.36. The molecule has 0 fully saturated rings. The van der Waals surface area contributed by atoms with Gasteiger partial charge in [-0.1, -0.05) is 0 Å². The molecule has 0 saturated carbocycles. The molecule has 0 aliphatic rings. The molecule has 0 atom stereocenters. The van der Waals surface area contributed by atoms with Crippen LogP contribution in [0.3, 0.4) is 0 Å². The first-order chi connectivity index (χ1) is 7.31. The molecule has 1 aromatic heterocycles. The normalized spacial score (nSPS) is 10.5. The van der Waals surface area contributed by atoms with Crippen LogP contribution in [0.5, 0.6) is 0 Å². The minimum absolute atomic E-state index is 0.241. The van der Waals surface area contributed by atoms with Crippen molar-refractivity contribution < 1.29 is 4.39 Å². The number of rotatable bonds is 3. The number of hydrogen-bond donors (Lipinski definition) is 2. The van der Waals surface area contributed by atoms with Crippen molar-refractivity contribution in [1.82, 2.24) is 10.2 Å². The maximum atomic E-state index is 12.7. The molecule has 2 rings (SSSR count). The maximum absolute atomic E-state index is 12.7. The first kappa shape index (κ1) is 9.86. The zero-order valence-electron chi connectivity index (χ0n) is 8.20. The molecule has 0 aliphatic heterocycles. The molecular formula is C11H12FN3. The summed E-state index contributed by atoms with van der Waals surface area (Å²) in [6.45, 7) is 0.577. The van der Waals surface area contributed by atoms with Crippen LogP contribution in [-0.2, 0) is 6.42 Å². The number of nitrogens with zero attached hydrogens (tertiary/aromatic N) is 1. The smallest absolute Gasteiger partial charge is 0.123 e. The van der Waals surface area contributed by atoms with E-state index in [1.807, 2.05) is 6.20 Å². The standard InChI is InChI=1S/C11H12FN3/c12-10-3-1-8(2-4-10)11-9(5-6-13)7-14-15-11/h1-4,7H,5-6,13H2,(H,14,15). The maximum Gasteiger partial charge on any atom is 0.123 e. The molecule has 0 radical (unpaired) electrons. The molecule has 1 aromatic carbocycles. The SMILES string of the molecule is NCCc1c[nH]nc1-c1ccc(F)cc1. The highest BCUT2D eigenvalue weighted by molar-refractivity contribution is 5.62. The summed E-state index contributed by atoms with van der Waals surface area (Å²) in [6, 6.07) is 6.28. The van der Waals surface area contributed by atoms with E-state index in [-0.39, 0.29) is 5.82 Å². The summed E-state index contributed by atoms with van der Waals surface area (Å²) >= 11 is 0. The van der Waals surface area contributed by atoms with E-state index in [1.54, 1.807) is 12.1 Å². The van der Waals surface area contributed by atoms with Crippen LogP contribution >= 0.6 is 0 Å². The van der Waals surface area contributed by atoms with E-state index in [0.717, 1.165) is 23.2 Å². The minimum atomic E-state index is -0.241. The number of halogens is 1. The van der Waals surface area contributed by atoms with Gasteiger partial charge < -0.3 is 5.73 Å². The van der Waals surface area contributed by atoms with Gasteiger partial charge in [-0.3, -0.25) is 5.10 Å². The van der Waals surface area contributed by atoms with Gasteiger partial charge in [0.2, 0.25) is 0 Å². The predicted octanol–water partition coefficient (Wildman–Crippen LogP) is 1.72. The molecule has 78 valence electrons. The van der Waals surface area contributed by atoms with Gasteiger partial charge in [-0.2, -0.15) is 5.10 Å². The van der Waals surface area contributed by atoms with E-state index in [2.05, 4.69) is 10.2 Å². The number of aromatic amines is 1. The summed E-state index contributed by atoms with van der Waals surface area (Å²) in [6.07, 6.45) is 2.59. The second-order valence-electron chi connectivity index (χ2n) is 3.30. The van der Waals surface area contributed by atoms with E-state index in [0.29, 0.717) is 6.54 Å². The van der Waals surface area contributed by atoms with Gasteiger partial charge in [0, 0.05) is 11.8 Å². The molecule has 3 N–H and O–H groups in total. The fraction of sp³-hybridized carbons (Fsp3) is 0.182. The highest BCUT2D eigenvalue weighted by atomic mass is 19.1. The fourth-order valence-corrected chi connectivity index (χ4v) is 1.52. The molecule has 0 amide bonds. The quantitative estimate of drug-likeness (QED) is 0.801. The van der Waals surface area contributed by atoms with Crippen LogP contribution in [0.25, 0.3) is 11.3 Å². The van der Waals surface area contributed by atoms with Crippen molar-refractivity contribution in [2.45, 2.75) is 6.42 Å². The number of hydrogen-bond acceptors (Lipinski definition) is 2. The number of H-pyrrole nitrogens is 1. The number of benzene rings is 1. The van der Waals surface area contributed by atoms with Crippen LogP contribution in [0, 0.1) is 5.82 Å². The summed E-state index contributed by atoms with van der Waals surface area (Å²) in [5.74, 6) is -0.241. The lowest BCUT2D eigenvalue weighted by Crippen LogP contribution is -2.02. The van der Waals surface area contributed by atoms with Crippen LogP contribution in [0.1, 0.15) is 5.56 Å². The topological polar surface area (TPSA) is 54.7 Å². The first-order valence-electron chi connectivity index (χ1n) is 4.80. The highest BCUT2D eigenvalue weighted by Gasteiger charge is 2.07. The molecule has 0 aliphatic carbocycles. The Labute approximate surface area is 87.1 Å². The van der Waals surface area contributed by atoms with E-state index in [1.165, 1.54) is 12.1 Å². The van der Waals surface area contributed by atoms with Gasteiger partial charge in [-0.25, -0.2) is 4.39 Å². The van der Waals surface area contributed by atoms with Gasteiger partial charge in [-0.05, 0) is 42.8 Å². The zero-order valence-corrected chi connectivity index (χ0v) is 8.20. The Bertz CT molecular complexity index is 433. The molecule has 1 heterocycles. The van der Waals surface area contributed by atoms with Crippen LogP contribution < -0.4 is 5.73 Å². The summed E-state index contributed by atoms with van der Waals surface area (Å²) in [5, 5.41) is 6.93. The Morgan fingerprint density at radius 3 is 2.67 bits per heavy atom. The van der Waals surface area contributed by atoms with Gasteiger partial charge in [0.1, 0.15) is 5.82 Å². The third kappa shape index (κ3) is 2.05. The molecule has 0 unspecified atom stereocenters. The molecular weight excluding hydrogens is 193 g/mol. The number of nitrogens with one attached hydrogen (secondary N) is 1. The lowest BCUT2D eigenvalue weighted by atomic mass is 10.1. The van der Waals surface area contributed by atoms with Gasteiger partial charge in [0.15, 0.2) is 0 Å².